The lowest BCUT2D eigenvalue weighted by molar-refractivity contribution is 0.208. The predicted molar refractivity (Wildman–Crippen MR) is 125 cm³/mol. The molecule has 0 radical (unpaired) electrons. The Labute approximate surface area is 187 Å². The Kier molecular flexibility index (Phi) is 6.34. The van der Waals surface area contributed by atoms with Crippen LogP contribution < -0.4 is 20.3 Å². The molecule has 0 atom stereocenters. The molecule has 1 aliphatic heterocycles. The molecule has 9 nitrogen and oxygen atoms in total. The van der Waals surface area contributed by atoms with E-state index in [9.17, 15) is 4.79 Å². The molecular formula is C23H27N7O2. The minimum absolute atomic E-state index is 0.103. The van der Waals surface area contributed by atoms with Gasteiger partial charge in [0.2, 0.25) is 0 Å². The first kappa shape index (κ1) is 21.4. The van der Waals surface area contributed by atoms with E-state index in [0.29, 0.717) is 37.8 Å². The average molecular weight is 434 g/mol. The standard InChI is InChI=1S/C23H27N7O2/c1-16-14-18(32-3)7-8-19(16)27-23(31)30-12-10-29(11-13-30)22-15-21(25-17(2)26-22)28-20-6-4-5-9-24-20/h4-9,14-15H,10-13H2,1-3H3,(H,27,31)(H,24,25,26,28). The number of piperazine rings is 1. The molecule has 0 bridgehead atoms. The Balaban J connectivity index is 1.37. The summed E-state index contributed by atoms with van der Waals surface area (Å²) in [4.78, 5) is 30.1. The number of anilines is 4. The third-order valence-corrected chi connectivity index (χ3v) is 5.31. The van der Waals surface area contributed by atoms with E-state index in [4.69, 9.17) is 4.74 Å². The van der Waals surface area contributed by atoms with Crippen molar-refractivity contribution in [1.82, 2.24) is 19.9 Å². The van der Waals surface area contributed by atoms with Crippen LogP contribution in [0.4, 0.5) is 27.9 Å². The van der Waals surface area contributed by atoms with Gasteiger partial charge in [-0.3, -0.25) is 0 Å². The molecule has 166 valence electrons. The summed E-state index contributed by atoms with van der Waals surface area (Å²) in [7, 11) is 1.63. The van der Waals surface area contributed by atoms with Gasteiger partial charge in [0.25, 0.3) is 0 Å². The first-order chi connectivity index (χ1) is 15.5. The summed E-state index contributed by atoms with van der Waals surface area (Å²) in [5.74, 6) is 3.71. The van der Waals surface area contributed by atoms with Crippen molar-refractivity contribution in [2.75, 3.05) is 48.8 Å². The molecule has 1 saturated heterocycles. The molecule has 0 aliphatic carbocycles. The lowest BCUT2D eigenvalue weighted by Crippen LogP contribution is -2.50. The van der Waals surface area contributed by atoms with Crippen molar-refractivity contribution in [2.24, 2.45) is 0 Å². The molecule has 4 rings (SSSR count). The summed E-state index contributed by atoms with van der Waals surface area (Å²) in [5.41, 5.74) is 1.75. The van der Waals surface area contributed by atoms with Crippen LogP contribution in [0.3, 0.4) is 0 Å². The van der Waals surface area contributed by atoms with E-state index in [2.05, 4.69) is 30.5 Å². The number of nitrogens with one attached hydrogen (secondary N) is 2. The molecule has 3 aromatic rings. The Morgan fingerprint density at radius 1 is 1.00 bits per heavy atom. The fourth-order valence-corrected chi connectivity index (χ4v) is 3.58. The number of amides is 2. The molecule has 0 saturated carbocycles. The van der Waals surface area contributed by atoms with Crippen molar-refractivity contribution in [3.63, 3.8) is 0 Å². The molecule has 2 amide bonds. The van der Waals surface area contributed by atoms with E-state index >= 15 is 0 Å². The molecule has 0 spiro atoms. The van der Waals surface area contributed by atoms with Crippen molar-refractivity contribution in [3.8, 4) is 5.75 Å². The van der Waals surface area contributed by atoms with Crippen LogP contribution in [-0.4, -0.2) is 59.2 Å². The molecule has 3 heterocycles. The normalized spacial score (nSPS) is 13.6. The molecule has 2 N–H and O–H groups in total. The second kappa shape index (κ2) is 9.51. The highest BCUT2D eigenvalue weighted by Crippen LogP contribution is 2.23. The first-order valence-electron chi connectivity index (χ1n) is 10.5. The van der Waals surface area contributed by atoms with Crippen molar-refractivity contribution < 1.29 is 9.53 Å². The fraction of sp³-hybridized carbons (Fsp3) is 0.304. The number of methoxy groups -OCH3 is 1. The van der Waals surface area contributed by atoms with Gasteiger partial charge in [0.15, 0.2) is 0 Å². The number of nitrogens with zero attached hydrogens (tertiary/aromatic N) is 5. The number of benzene rings is 1. The Morgan fingerprint density at radius 3 is 2.50 bits per heavy atom. The highest BCUT2D eigenvalue weighted by atomic mass is 16.5. The summed E-state index contributed by atoms with van der Waals surface area (Å²) >= 11 is 0. The number of ether oxygens (including phenoxy) is 1. The zero-order chi connectivity index (χ0) is 22.5. The molecular weight excluding hydrogens is 406 g/mol. The summed E-state index contributed by atoms with van der Waals surface area (Å²) in [6, 6.07) is 13.1. The van der Waals surface area contributed by atoms with Gasteiger partial charge in [-0.05, 0) is 49.7 Å². The van der Waals surface area contributed by atoms with Crippen LogP contribution >= 0.6 is 0 Å². The average Bonchev–Trinajstić information content (AvgIpc) is 2.80. The van der Waals surface area contributed by atoms with Crippen molar-refractivity contribution in [3.05, 3.63) is 60.0 Å². The zero-order valence-electron chi connectivity index (χ0n) is 18.5. The minimum atomic E-state index is -0.103. The van der Waals surface area contributed by atoms with Crippen molar-refractivity contribution in [1.29, 1.82) is 0 Å². The Bertz CT molecular complexity index is 1080. The van der Waals surface area contributed by atoms with Crippen molar-refractivity contribution in [2.45, 2.75) is 13.8 Å². The highest BCUT2D eigenvalue weighted by molar-refractivity contribution is 5.90. The van der Waals surface area contributed by atoms with Gasteiger partial charge >= 0.3 is 6.03 Å². The predicted octanol–water partition coefficient (Wildman–Crippen LogP) is 3.59. The largest absolute Gasteiger partial charge is 0.497 e. The summed E-state index contributed by atoms with van der Waals surface area (Å²) < 4.78 is 5.23. The number of pyridine rings is 1. The van der Waals surface area contributed by atoms with Crippen molar-refractivity contribution >= 4 is 29.2 Å². The Morgan fingerprint density at radius 2 is 1.81 bits per heavy atom. The van der Waals surface area contributed by atoms with Gasteiger partial charge < -0.3 is 25.2 Å². The van der Waals surface area contributed by atoms with E-state index in [0.717, 1.165) is 28.6 Å². The smallest absolute Gasteiger partial charge is 0.321 e. The topological polar surface area (TPSA) is 95.5 Å². The van der Waals surface area contributed by atoms with Crippen LogP contribution in [0.5, 0.6) is 5.75 Å². The maximum atomic E-state index is 12.8. The van der Waals surface area contributed by atoms with E-state index in [1.807, 2.05) is 61.2 Å². The molecule has 0 unspecified atom stereocenters. The minimum Gasteiger partial charge on any atom is -0.497 e. The maximum absolute atomic E-state index is 12.8. The van der Waals surface area contributed by atoms with Gasteiger partial charge in [-0.15, -0.1) is 0 Å². The monoisotopic (exact) mass is 433 g/mol. The number of carbonyl (C=O) groups excluding carboxylic acids is 1. The number of hydrogen-bond acceptors (Lipinski definition) is 7. The lowest BCUT2D eigenvalue weighted by atomic mass is 10.2. The van der Waals surface area contributed by atoms with E-state index in [1.54, 1.807) is 13.3 Å². The second-order valence-corrected chi connectivity index (χ2v) is 7.58. The van der Waals surface area contributed by atoms with E-state index in [1.165, 1.54) is 0 Å². The van der Waals surface area contributed by atoms with Crippen LogP contribution in [0.2, 0.25) is 0 Å². The van der Waals surface area contributed by atoms with Gasteiger partial charge in [-0.25, -0.2) is 19.7 Å². The zero-order valence-corrected chi connectivity index (χ0v) is 18.5. The number of aryl methyl sites for hydroxylation is 2. The number of carbonyl (C=O) groups is 1. The number of aromatic nitrogens is 3. The molecule has 2 aromatic heterocycles. The molecule has 32 heavy (non-hydrogen) atoms. The Hall–Kier alpha value is -3.88. The van der Waals surface area contributed by atoms with Gasteiger partial charge in [-0.2, -0.15) is 0 Å². The van der Waals surface area contributed by atoms with Gasteiger partial charge in [0.05, 0.1) is 7.11 Å². The van der Waals surface area contributed by atoms with Gasteiger partial charge in [-0.1, -0.05) is 6.07 Å². The van der Waals surface area contributed by atoms with Gasteiger partial charge in [0, 0.05) is 44.1 Å². The van der Waals surface area contributed by atoms with Crippen LogP contribution in [0.1, 0.15) is 11.4 Å². The van der Waals surface area contributed by atoms with Crippen LogP contribution in [0.15, 0.2) is 48.7 Å². The quantitative estimate of drug-likeness (QED) is 0.635. The lowest BCUT2D eigenvalue weighted by Gasteiger charge is -2.35. The van der Waals surface area contributed by atoms with Crippen LogP contribution in [0, 0.1) is 13.8 Å². The van der Waals surface area contributed by atoms with E-state index in [-0.39, 0.29) is 6.03 Å². The number of rotatable bonds is 5. The molecule has 1 aliphatic rings. The molecule has 1 fully saturated rings. The molecule has 9 heteroatoms. The summed E-state index contributed by atoms with van der Waals surface area (Å²) in [5, 5.41) is 6.22. The maximum Gasteiger partial charge on any atom is 0.321 e. The fourth-order valence-electron chi connectivity index (χ4n) is 3.58. The highest BCUT2D eigenvalue weighted by Gasteiger charge is 2.23. The SMILES string of the molecule is COc1ccc(NC(=O)N2CCN(c3cc(Nc4ccccn4)nc(C)n3)CC2)c(C)c1. The van der Waals surface area contributed by atoms with Crippen LogP contribution in [-0.2, 0) is 0 Å². The first-order valence-corrected chi connectivity index (χ1v) is 10.5. The number of hydrogen-bond donors (Lipinski definition) is 2. The third-order valence-electron chi connectivity index (χ3n) is 5.31. The second-order valence-electron chi connectivity index (χ2n) is 7.58. The number of urea groups is 1. The summed E-state index contributed by atoms with van der Waals surface area (Å²) in [6.07, 6.45) is 1.73. The molecule has 1 aromatic carbocycles. The summed E-state index contributed by atoms with van der Waals surface area (Å²) in [6.45, 7) is 6.40. The van der Waals surface area contributed by atoms with Crippen LogP contribution in [0.25, 0.3) is 0 Å². The van der Waals surface area contributed by atoms with Gasteiger partial charge in [0.1, 0.15) is 29.0 Å². The third kappa shape index (κ3) is 5.05. The van der Waals surface area contributed by atoms with E-state index < -0.39 is 0 Å².